The van der Waals surface area contributed by atoms with Crippen LogP contribution in [0.5, 0.6) is 0 Å². The second kappa shape index (κ2) is 9.35. The van der Waals surface area contributed by atoms with Crippen LogP contribution in [0.4, 0.5) is 5.69 Å². The van der Waals surface area contributed by atoms with Gasteiger partial charge in [0.05, 0.1) is 5.92 Å². The third-order valence-electron chi connectivity index (χ3n) is 5.48. The molecule has 2 heterocycles. The summed E-state index contributed by atoms with van der Waals surface area (Å²) in [6.07, 6.45) is 6.15. The number of nitrogens with zero attached hydrogens (tertiary/aromatic N) is 2. The minimum Gasteiger partial charge on any atom is -0.339 e. The highest BCUT2D eigenvalue weighted by molar-refractivity contribution is 5.99. The van der Waals surface area contributed by atoms with Crippen LogP contribution in [0.15, 0.2) is 79.1 Å². The molecule has 152 valence electrons. The monoisotopic (exact) mass is 399 g/mol. The summed E-state index contributed by atoms with van der Waals surface area (Å²) < 4.78 is 0. The maximum Gasteiger partial charge on any atom is 0.253 e. The molecular weight excluding hydrogens is 374 g/mol. The van der Waals surface area contributed by atoms with Crippen molar-refractivity contribution in [1.82, 2.24) is 9.88 Å². The fourth-order valence-corrected chi connectivity index (χ4v) is 3.86. The van der Waals surface area contributed by atoms with E-state index in [9.17, 15) is 9.59 Å². The summed E-state index contributed by atoms with van der Waals surface area (Å²) in [6, 6.07) is 20.9. The predicted molar refractivity (Wildman–Crippen MR) is 117 cm³/mol. The van der Waals surface area contributed by atoms with Crippen LogP contribution < -0.4 is 5.32 Å². The van der Waals surface area contributed by atoms with Gasteiger partial charge in [-0.15, -0.1) is 0 Å². The normalized spacial score (nSPS) is 14.3. The van der Waals surface area contributed by atoms with Crippen molar-refractivity contribution in [3.8, 4) is 0 Å². The van der Waals surface area contributed by atoms with E-state index in [1.165, 1.54) is 0 Å². The number of benzene rings is 2. The van der Waals surface area contributed by atoms with E-state index in [-0.39, 0.29) is 17.7 Å². The predicted octanol–water partition coefficient (Wildman–Crippen LogP) is 4.28. The Morgan fingerprint density at radius 3 is 2.40 bits per heavy atom. The Kier molecular flexibility index (Phi) is 6.18. The molecule has 1 unspecified atom stereocenters. The van der Waals surface area contributed by atoms with Gasteiger partial charge in [0.15, 0.2) is 0 Å². The molecule has 2 aromatic carbocycles. The molecule has 0 spiro atoms. The Hall–Kier alpha value is -3.47. The first-order chi connectivity index (χ1) is 14.7. The molecule has 4 rings (SSSR count). The molecule has 1 aliphatic heterocycles. The van der Waals surface area contributed by atoms with Crippen LogP contribution in [0, 0.1) is 0 Å². The first-order valence-corrected chi connectivity index (χ1v) is 10.3. The minimum atomic E-state index is -0.341. The number of carbonyl (C=O) groups excluding carboxylic acids is 2. The van der Waals surface area contributed by atoms with E-state index in [0.717, 1.165) is 37.1 Å². The highest BCUT2D eigenvalue weighted by Crippen LogP contribution is 2.24. The van der Waals surface area contributed by atoms with Crippen molar-refractivity contribution in [3.05, 3.63) is 95.8 Å². The van der Waals surface area contributed by atoms with E-state index in [4.69, 9.17) is 0 Å². The molecule has 5 nitrogen and oxygen atoms in total. The van der Waals surface area contributed by atoms with Crippen molar-refractivity contribution in [1.29, 1.82) is 0 Å². The number of hydrogen-bond acceptors (Lipinski definition) is 3. The lowest BCUT2D eigenvalue weighted by Gasteiger charge is -2.19. The van der Waals surface area contributed by atoms with Gasteiger partial charge in [0.1, 0.15) is 0 Å². The summed E-state index contributed by atoms with van der Waals surface area (Å²) in [5.41, 5.74) is 3.25. The van der Waals surface area contributed by atoms with E-state index in [1.54, 1.807) is 18.5 Å². The first kappa shape index (κ1) is 19.8. The number of carbonyl (C=O) groups is 2. The highest BCUT2D eigenvalue weighted by Gasteiger charge is 2.23. The first-order valence-electron chi connectivity index (χ1n) is 10.3. The Balaban J connectivity index is 1.53. The lowest BCUT2D eigenvalue weighted by Crippen LogP contribution is -2.28. The van der Waals surface area contributed by atoms with Crippen LogP contribution in [0.3, 0.4) is 0 Å². The van der Waals surface area contributed by atoms with E-state index < -0.39 is 0 Å². The second-order valence-electron chi connectivity index (χ2n) is 7.59. The molecule has 1 atom stereocenters. The quantitative estimate of drug-likeness (QED) is 0.673. The molecule has 2 amide bonds. The molecule has 1 aliphatic rings. The van der Waals surface area contributed by atoms with Gasteiger partial charge in [-0.3, -0.25) is 14.6 Å². The van der Waals surface area contributed by atoms with Gasteiger partial charge in [-0.05, 0) is 60.7 Å². The lowest BCUT2D eigenvalue weighted by molar-refractivity contribution is -0.117. The maximum atomic E-state index is 13.2. The van der Waals surface area contributed by atoms with Gasteiger partial charge in [0, 0.05) is 36.7 Å². The van der Waals surface area contributed by atoms with Gasteiger partial charge in [0.25, 0.3) is 5.91 Å². The van der Waals surface area contributed by atoms with Crippen molar-refractivity contribution in [3.63, 3.8) is 0 Å². The Morgan fingerprint density at radius 1 is 0.933 bits per heavy atom. The van der Waals surface area contributed by atoms with E-state index in [0.29, 0.717) is 17.7 Å². The number of amides is 2. The Bertz CT molecular complexity index is 999. The largest absolute Gasteiger partial charge is 0.339 e. The van der Waals surface area contributed by atoms with Gasteiger partial charge < -0.3 is 10.2 Å². The van der Waals surface area contributed by atoms with E-state index in [1.807, 2.05) is 65.6 Å². The molecule has 1 fully saturated rings. The summed E-state index contributed by atoms with van der Waals surface area (Å²) in [4.78, 5) is 31.9. The summed E-state index contributed by atoms with van der Waals surface area (Å²) in [7, 11) is 0. The van der Waals surface area contributed by atoms with Gasteiger partial charge in [-0.2, -0.15) is 0 Å². The number of aromatic nitrogens is 1. The molecule has 30 heavy (non-hydrogen) atoms. The Labute approximate surface area is 176 Å². The number of pyridine rings is 1. The van der Waals surface area contributed by atoms with Crippen LogP contribution in [-0.2, 0) is 11.2 Å². The molecule has 1 aromatic heterocycles. The zero-order chi connectivity index (χ0) is 20.8. The zero-order valence-electron chi connectivity index (χ0n) is 16.8. The lowest BCUT2D eigenvalue weighted by atomic mass is 9.91. The van der Waals surface area contributed by atoms with Crippen LogP contribution >= 0.6 is 0 Å². The van der Waals surface area contributed by atoms with Gasteiger partial charge >= 0.3 is 0 Å². The number of likely N-dealkylation sites (tertiary alicyclic amines) is 1. The highest BCUT2D eigenvalue weighted by atomic mass is 16.2. The maximum absolute atomic E-state index is 13.2. The molecule has 1 saturated heterocycles. The van der Waals surface area contributed by atoms with Crippen molar-refractivity contribution >= 4 is 17.5 Å². The van der Waals surface area contributed by atoms with Crippen LogP contribution in [0.25, 0.3) is 0 Å². The third kappa shape index (κ3) is 4.74. The van der Waals surface area contributed by atoms with Crippen molar-refractivity contribution in [2.75, 3.05) is 18.4 Å². The number of rotatable bonds is 6. The average Bonchev–Trinajstić information content (AvgIpc) is 3.33. The van der Waals surface area contributed by atoms with E-state index in [2.05, 4.69) is 10.3 Å². The summed E-state index contributed by atoms with van der Waals surface area (Å²) in [5, 5.41) is 3.02. The fraction of sp³-hybridized carbons (Fsp3) is 0.240. The van der Waals surface area contributed by atoms with Crippen LogP contribution in [0.2, 0.25) is 0 Å². The summed E-state index contributed by atoms with van der Waals surface area (Å²) in [5.74, 6) is -0.407. The number of nitrogens with one attached hydrogen (secondary N) is 1. The standard InChI is InChI=1S/C25H25N3O2/c29-24(23(20-7-2-1-3-8-20)17-19-11-13-26-14-12-19)27-22-10-6-9-21(18-22)25(30)28-15-4-5-16-28/h1-3,6-14,18,23H,4-5,15-17H2,(H,27,29). The second-order valence-corrected chi connectivity index (χ2v) is 7.59. The van der Waals surface area contributed by atoms with Crippen LogP contribution in [0.1, 0.15) is 40.2 Å². The smallest absolute Gasteiger partial charge is 0.253 e. The van der Waals surface area contributed by atoms with Crippen molar-refractivity contribution < 1.29 is 9.59 Å². The minimum absolute atomic E-state index is 0.0278. The zero-order valence-corrected chi connectivity index (χ0v) is 16.8. The molecule has 1 N–H and O–H groups in total. The van der Waals surface area contributed by atoms with Crippen molar-refractivity contribution in [2.45, 2.75) is 25.2 Å². The van der Waals surface area contributed by atoms with Gasteiger partial charge in [-0.25, -0.2) is 0 Å². The van der Waals surface area contributed by atoms with Gasteiger partial charge in [0.2, 0.25) is 5.91 Å². The average molecular weight is 399 g/mol. The number of hydrogen-bond donors (Lipinski definition) is 1. The topological polar surface area (TPSA) is 62.3 Å². The fourth-order valence-electron chi connectivity index (χ4n) is 3.86. The van der Waals surface area contributed by atoms with Crippen LogP contribution in [-0.4, -0.2) is 34.8 Å². The third-order valence-corrected chi connectivity index (χ3v) is 5.48. The van der Waals surface area contributed by atoms with E-state index >= 15 is 0 Å². The molecule has 0 radical (unpaired) electrons. The molecule has 5 heteroatoms. The Morgan fingerprint density at radius 2 is 1.67 bits per heavy atom. The molecule has 0 aliphatic carbocycles. The molecular formula is C25H25N3O2. The SMILES string of the molecule is O=C(Nc1cccc(C(=O)N2CCCC2)c1)C(Cc1ccncc1)c1ccccc1. The van der Waals surface area contributed by atoms with Crippen molar-refractivity contribution in [2.24, 2.45) is 0 Å². The van der Waals surface area contributed by atoms with Gasteiger partial charge in [-0.1, -0.05) is 36.4 Å². The molecule has 0 saturated carbocycles. The summed E-state index contributed by atoms with van der Waals surface area (Å²) in [6.45, 7) is 1.61. The number of anilines is 1. The molecule has 3 aromatic rings. The summed E-state index contributed by atoms with van der Waals surface area (Å²) >= 11 is 0. The molecule has 0 bridgehead atoms.